The molecule has 0 bridgehead atoms. The first-order chi connectivity index (χ1) is 5.59. The summed E-state index contributed by atoms with van der Waals surface area (Å²) in [5, 5.41) is 0. The topological polar surface area (TPSA) is 26.3 Å². The van der Waals surface area contributed by atoms with Crippen LogP contribution < -0.4 is 0 Å². The van der Waals surface area contributed by atoms with Crippen LogP contribution in [0.4, 0.5) is 0 Å². The van der Waals surface area contributed by atoms with Crippen LogP contribution in [0, 0.1) is 5.92 Å². The molecule has 0 aromatic heterocycles. The Labute approximate surface area is 72.9 Å². The van der Waals surface area contributed by atoms with Gasteiger partial charge in [-0.2, -0.15) is 0 Å². The molecule has 0 radical (unpaired) electrons. The molecule has 1 saturated heterocycles. The van der Waals surface area contributed by atoms with E-state index in [9.17, 15) is 4.79 Å². The zero-order valence-electron chi connectivity index (χ0n) is 7.54. The molecule has 0 spiro atoms. The molecule has 0 aromatic rings. The van der Waals surface area contributed by atoms with Crippen molar-refractivity contribution in [3.63, 3.8) is 0 Å². The first-order valence-electron chi connectivity index (χ1n) is 4.14. The Morgan fingerprint density at radius 1 is 1.75 bits per heavy atom. The predicted molar refractivity (Wildman–Crippen MR) is 47.6 cm³/mol. The lowest BCUT2D eigenvalue weighted by atomic mass is 10.1. The van der Waals surface area contributed by atoms with Crippen molar-refractivity contribution in [3.05, 3.63) is 24.3 Å². The van der Waals surface area contributed by atoms with Gasteiger partial charge in [-0.1, -0.05) is 25.2 Å². The molecule has 0 aromatic carbocycles. The summed E-state index contributed by atoms with van der Waals surface area (Å²) in [4.78, 5) is 11.0. The first kappa shape index (κ1) is 9.04. The lowest BCUT2D eigenvalue weighted by molar-refractivity contribution is -0.142. The van der Waals surface area contributed by atoms with E-state index in [0.717, 1.165) is 12.0 Å². The Kier molecular flexibility index (Phi) is 2.69. The molecule has 1 heterocycles. The Morgan fingerprint density at radius 2 is 2.42 bits per heavy atom. The van der Waals surface area contributed by atoms with Crippen molar-refractivity contribution in [1.82, 2.24) is 0 Å². The highest BCUT2D eigenvalue weighted by molar-refractivity contribution is 5.74. The lowest BCUT2D eigenvalue weighted by Gasteiger charge is -2.00. The molecule has 12 heavy (non-hydrogen) atoms. The summed E-state index contributed by atoms with van der Waals surface area (Å²) in [5.41, 5.74) is 0.977. The minimum atomic E-state index is -0.0913. The second-order valence-electron chi connectivity index (χ2n) is 3.32. The smallest absolute Gasteiger partial charge is 0.309 e. The molecular formula is C10H14O2. The monoisotopic (exact) mass is 166 g/mol. The van der Waals surface area contributed by atoms with Crippen LogP contribution in [0.25, 0.3) is 0 Å². The highest BCUT2D eigenvalue weighted by Crippen LogP contribution is 2.21. The minimum Gasteiger partial charge on any atom is -0.458 e. The van der Waals surface area contributed by atoms with Crippen LogP contribution in [0.5, 0.6) is 0 Å². The predicted octanol–water partition coefficient (Wildman–Crippen LogP) is 2.07. The van der Waals surface area contributed by atoms with Crippen molar-refractivity contribution in [1.29, 1.82) is 0 Å². The number of hydrogen-bond donors (Lipinski definition) is 0. The molecule has 66 valence electrons. The van der Waals surface area contributed by atoms with Gasteiger partial charge in [0.25, 0.3) is 0 Å². The zero-order chi connectivity index (χ0) is 9.14. The van der Waals surface area contributed by atoms with Gasteiger partial charge in [0.1, 0.15) is 6.10 Å². The van der Waals surface area contributed by atoms with Gasteiger partial charge in [0.15, 0.2) is 0 Å². The van der Waals surface area contributed by atoms with Crippen molar-refractivity contribution in [2.24, 2.45) is 5.92 Å². The van der Waals surface area contributed by atoms with Crippen LogP contribution in [-0.2, 0) is 9.53 Å². The number of allylic oxidation sites excluding steroid dienone is 2. The molecule has 2 atom stereocenters. The number of carbonyl (C=O) groups excluding carboxylic acids is 1. The lowest BCUT2D eigenvalue weighted by Crippen LogP contribution is -2.03. The standard InChI is InChI=1S/C10H14O2/c1-7(2)4-5-9-6-8(3)10(11)12-9/h4-5,8-9H,1,6H2,2-3H3. The first-order valence-corrected chi connectivity index (χ1v) is 4.14. The molecule has 1 rings (SSSR count). The normalized spacial score (nSPS) is 29.3. The van der Waals surface area contributed by atoms with E-state index in [0.29, 0.717) is 0 Å². The molecule has 0 aliphatic carbocycles. The number of ether oxygens (including phenoxy) is 1. The molecule has 0 N–H and O–H groups in total. The van der Waals surface area contributed by atoms with E-state index < -0.39 is 0 Å². The molecule has 0 amide bonds. The van der Waals surface area contributed by atoms with Crippen molar-refractivity contribution in [2.45, 2.75) is 26.4 Å². The Morgan fingerprint density at radius 3 is 2.83 bits per heavy atom. The largest absolute Gasteiger partial charge is 0.458 e. The third-order valence-corrected chi connectivity index (χ3v) is 1.85. The van der Waals surface area contributed by atoms with E-state index in [4.69, 9.17) is 4.74 Å². The zero-order valence-corrected chi connectivity index (χ0v) is 7.54. The van der Waals surface area contributed by atoms with Gasteiger partial charge in [-0.15, -0.1) is 0 Å². The number of carbonyl (C=O) groups is 1. The van der Waals surface area contributed by atoms with Crippen LogP contribution >= 0.6 is 0 Å². The maximum absolute atomic E-state index is 11.0. The van der Waals surface area contributed by atoms with Crippen molar-refractivity contribution < 1.29 is 9.53 Å². The number of hydrogen-bond acceptors (Lipinski definition) is 2. The fourth-order valence-electron chi connectivity index (χ4n) is 1.15. The Hall–Kier alpha value is -1.05. The molecule has 2 unspecified atom stereocenters. The van der Waals surface area contributed by atoms with E-state index >= 15 is 0 Å². The number of esters is 1. The molecular weight excluding hydrogens is 152 g/mol. The highest BCUT2D eigenvalue weighted by atomic mass is 16.5. The summed E-state index contributed by atoms with van der Waals surface area (Å²) in [6.45, 7) is 7.53. The third kappa shape index (κ3) is 2.22. The molecule has 1 fully saturated rings. The highest BCUT2D eigenvalue weighted by Gasteiger charge is 2.28. The summed E-state index contributed by atoms with van der Waals surface area (Å²) < 4.78 is 5.06. The maximum atomic E-state index is 11.0. The van der Waals surface area contributed by atoms with E-state index in [2.05, 4.69) is 6.58 Å². The molecule has 1 aliphatic rings. The molecule has 2 heteroatoms. The van der Waals surface area contributed by atoms with Gasteiger partial charge in [0.2, 0.25) is 0 Å². The fraction of sp³-hybridized carbons (Fsp3) is 0.500. The van der Waals surface area contributed by atoms with Gasteiger partial charge in [-0.3, -0.25) is 4.79 Å². The van der Waals surface area contributed by atoms with Crippen LogP contribution in [0.3, 0.4) is 0 Å². The summed E-state index contributed by atoms with van der Waals surface area (Å²) >= 11 is 0. The van der Waals surface area contributed by atoms with Crippen molar-refractivity contribution in [3.8, 4) is 0 Å². The number of cyclic esters (lactones) is 1. The van der Waals surface area contributed by atoms with Gasteiger partial charge in [0.05, 0.1) is 5.92 Å². The molecule has 0 saturated carbocycles. The van der Waals surface area contributed by atoms with E-state index in [1.165, 1.54) is 0 Å². The average Bonchev–Trinajstić information content (AvgIpc) is 2.28. The Balaban J connectivity index is 2.47. The number of rotatable bonds is 2. The average molecular weight is 166 g/mol. The van der Waals surface area contributed by atoms with E-state index in [1.807, 2.05) is 26.0 Å². The van der Waals surface area contributed by atoms with Gasteiger partial charge in [-0.05, 0) is 13.0 Å². The van der Waals surface area contributed by atoms with E-state index in [1.54, 1.807) is 0 Å². The SMILES string of the molecule is C=C(C)C=CC1CC(C)C(=O)O1. The summed E-state index contributed by atoms with van der Waals surface area (Å²) in [7, 11) is 0. The second kappa shape index (κ2) is 3.57. The Bertz CT molecular complexity index is 228. The van der Waals surface area contributed by atoms with Gasteiger partial charge in [0, 0.05) is 6.42 Å². The van der Waals surface area contributed by atoms with Crippen LogP contribution in [0.1, 0.15) is 20.3 Å². The van der Waals surface area contributed by atoms with Crippen molar-refractivity contribution in [2.75, 3.05) is 0 Å². The van der Waals surface area contributed by atoms with Crippen LogP contribution in [-0.4, -0.2) is 12.1 Å². The third-order valence-electron chi connectivity index (χ3n) is 1.85. The summed E-state index contributed by atoms with van der Waals surface area (Å²) in [6.07, 6.45) is 4.53. The fourth-order valence-corrected chi connectivity index (χ4v) is 1.15. The summed E-state index contributed by atoms with van der Waals surface area (Å²) in [6, 6.07) is 0. The maximum Gasteiger partial charge on any atom is 0.309 e. The van der Waals surface area contributed by atoms with Crippen LogP contribution in [0.2, 0.25) is 0 Å². The van der Waals surface area contributed by atoms with Gasteiger partial charge in [-0.25, -0.2) is 0 Å². The van der Waals surface area contributed by atoms with Crippen LogP contribution in [0.15, 0.2) is 24.3 Å². The molecule has 2 nitrogen and oxygen atoms in total. The minimum absolute atomic E-state index is 0.0378. The van der Waals surface area contributed by atoms with Gasteiger partial charge >= 0.3 is 5.97 Å². The van der Waals surface area contributed by atoms with Crippen molar-refractivity contribution >= 4 is 5.97 Å². The summed E-state index contributed by atoms with van der Waals surface area (Å²) in [5.74, 6) is -0.0452. The van der Waals surface area contributed by atoms with E-state index in [-0.39, 0.29) is 18.0 Å². The molecule has 1 aliphatic heterocycles. The quantitative estimate of drug-likeness (QED) is 0.463. The van der Waals surface area contributed by atoms with Gasteiger partial charge < -0.3 is 4.74 Å². The second-order valence-corrected chi connectivity index (χ2v) is 3.32.